The van der Waals surface area contributed by atoms with E-state index in [1.54, 1.807) is 0 Å². The van der Waals surface area contributed by atoms with Gasteiger partial charge in [-0.25, -0.2) is 9.78 Å². The van der Waals surface area contributed by atoms with E-state index in [0.717, 1.165) is 28.4 Å². The number of nitrogens with one attached hydrogen (secondary N) is 2. The van der Waals surface area contributed by atoms with Crippen molar-refractivity contribution < 1.29 is 14.3 Å². The summed E-state index contributed by atoms with van der Waals surface area (Å²) in [5.41, 5.74) is 2.79. The molecule has 0 atom stereocenters. The molecule has 29 heavy (non-hydrogen) atoms. The highest BCUT2D eigenvalue weighted by molar-refractivity contribution is 5.89. The van der Waals surface area contributed by atoms with Crippen LogP contribution in [0.4, 0.5) is 10.5 Å². The maximum absolute atomic E-state index is 12.3. The lowest BCUT2D eigenvalue weighted by Gasteiger charge is -2.12. The van der Waals surface area contributed by atoms with E-state index in [2.05, 4.69) is 34.0 Å². The molecule has 150 valence electrons. The van der Waals surface area contributed by atoms with E-state index in [1.165, 1.54) is 0 Å². The normalized spacial score (nSPS) is 12.2. The first kappa shape index (κ1) is 18.9. The van der Waals surface area contributed by atoms with Gasteiger partial charge in [-0.15, -0.1) is 0 Å². The zero-order chi connectivity index (χ0) is 20.2. The zero-order valence-electron chi connectivity index (χ0n) is 16.5. The largest absolute Gasteiger partial charge is 0.454 e. The molecule has 4 rings (SSSR count). The maximum atomic E-state index is 12.3. The van der Waals surface area contributed by atoms with Crippen LogP contribution in [0.25, 0.3) is 0 Å². The Hall–Kier alpha value is -3.48. The molecule has 2 amide bonds. The highest BCUT2D eigenvalue weighted by Gasteiger charge is 2.13. The van der Waals surface area contributed by atoms with Crippen LogP contribution in [-0.4, -0.2) is 22.4 Å². The fourth-order valence-corrected chi connectivity index (χ4v) is 3.31. The average molecular weight is 392 g/mol. The van der Waals surface area contributed by atoms with Crippen LogP contribution < -0.4 is 20.1 Å². The number of anilines is 1. The van der Waals surface area contributed by atoms with Crippen molar-refractivity contribution in [1.29, 1.82) is 0 Å². The minimum atomic E-state index is -0.259. The molecule has 2 N–H and O–H groups in total. The molecule has 7 nitrogen and oxygen atoms in total. The molecule has 7 heteroatoms. The van der Waals surface area contributed by atoms with Crippen LogP contribution in [0, 0.1) is 0 Å². The van der Waals surface area contributed by atoms with Crippen LogP contribution in [-0.2, 0) is 13.1 Å². The number of fused-ring (bicyclic) bond motifs is 1. The maximum Gasteiger partial charge on any atom is 0.319 e. The van der Waals surface area contributed by atoms with Gasteiger partial charge in [-0.05, 0) is 35.4 Å². The highest BCUT2D eigenvalue weighted by Crippen LogP contribution is 2.32. The van der Waals surface area contributed by atoms with Gasteiger partial charge < -0.3 is 24.7 Å². The van der Waals surface area contributed by atoms with E-state index in [-0.39, 0.29) is 12.8 Å². The smallest absolute Gasteiger partial charge is 0.319 e. The van der Waals surface area contributed by atoms with Crippen molar-refractivity contribution in [2.45, 2.75) is 32.9 Å². The summed E-state index contributed by atoms with van der Waals surface area (Å²) in [6.45, 7) is 5.60. The third-order valence-electron chi connectivity index (χ3n) is 4.69. The van der Waals surface area contributed by atoms with Crippen molar-refractivity contribution in [3.8, 4) is 11.5 Å². The zero-order valence-corrected chi connectivity index (χ0v) is 16.5. The second kappa shape index (κ2) is 8.26. The van der Waals surface area contributed by atoms with Crippen LogP contribution in [0.15, 0.2) is 54.9 Å². The minimum absolute atomic E-state index is 0.237. The molecule has 0 aliphatic carbocycles. The fourth-order valence-electron chi connectivity index (χ4n) is 3.31. The number of hydrogen-bond acceptors (Lipinski definition) is 4. The molecule has 3 aromatic rings. The van der Waals surface area contributed by atoms with Crippen LogP contribution in [0.5, 0.6) is 11.5 Å². The van der Waals surface area contributed by atoms with E-state index < -0.39 is 0 Å². The Bertz CT molecular complexity index is 1010. The van der Waals surface area contributed by atoms with Crippen LogP contribution in [0.1, 0.15) is 36.7 Å². The summed E-state index contributed by atoms with van der Waals surface area (Å²) in [6, 6.07) is 13.2. The Morgan fingerprint density at radius 3 is 2.86 bits per heavy atom. The molecule has 0 bridgehead atoms. The quantitative estimate of drug-likeness (QED) is 0.662. The molecular weight excluding hydrogens is 368 g/mol. The number of benzene rings is 2. The molecule has 2 heterocycles. The number of carbonyl (C=O) groups excluding carboxylic acids is 1. The molecule has 1 aliphatic rings. The predicted molar refractivity (Wildman–Crippen MR) is 110 cm³/mol. The Morgan fingerprint density at radius 1 is 1.14 bits per heavy atom. The number of ether oxygens (including phenoxy) is 2. The number of rotatable bonds is 6. The molecule has 1 aromatic heterocycles. The van der Waals surface area contributed by atoms with E-state index in [4.69, 9.17) is 9.47 Å². The second-order valence-corrected chi connectivity index (χ2v) is 7.26. The van der Waals surface area contributed by atoms with Gasteiger partial charge in [0.25, 0.3) is 0 Å². The van der Waals surface area contributed by atoms with Crippen molar-refractivity contribution in [3.63, 3.8) is 0 Å². The molecule has 0 radical (unpaired) electrons. The number of hydrogen-bond donors (Lipinski definition) is 2. The number of nitrogens with zero attached hydrogens (tertiary/aromatic N) is 2. The third kappa shape index (κ3) is 4.51. The van der Waals surface area contributed by atoms with Gasteiger partial charge in [0.15, 0.2) is 11.5 Å². The van der Waals surface area contributed by atoms with Crippen molar-refractivity contribution >= 4 is 11.7 Å². The molecule has 0 fully saturated rings. The van der Waals surface area contributed by atoms with Gasteiger partial charge in [0, 0.05) is 37.1 Å². The standard InChI is InChI=1S/C22H24N4O3/c1-15(2)21-23-8-9-26(21)13-17-4-3-5-18(10-17)25-22(27)24-12-16-6-7-19-20(11-16)29-14-28-19/h3-11,15H,12-14H2,1-2H3,(H2,24,25,27). The first-order chi connectivity index (χ1) is 14.1. The van der Waals surface area contributed by atoms with Gasteiger partial charge in [0.1, 0.15) is 5.82 Å². The van der Waals surface area contributed by atoms with Crippen LogP contribution >= 0.6 is 0 Å². The van der Waals surface area contributed by atoms with Crippen molar-refractivity contribution in [2.75, 3.05) is 12.1 Å². The molecular formula is C22H24N4O3. The topological polar surface area (TPSA) is 77.4 Å². The first-order valence-electron chi connectivity index (χ1n) is 9.62. The lowest BCUT2D eigenvalue weighted by atomic mass is 10.1. The first-order valence-corrected chi connectivity index (χ1v) is 9.62. The van der Waals surface area contributed by atoms with Crippen LogP contribution in [0.3, 0.4) is 0 Å². The third-order valence-corrected chi connectivity index (χ3v) is 4.69. The molecule has 2 aromatic carbocycles. The van der Waals surface area contributed by atoms with E-state index in [1.807, 2.05) is 54.9 Å². The van der Waals surface area contributed by atoms with Crippen LogP contribution in [0.2, 0.25) is 0 Å². The summed E-state index contributed by atoms with van der Waals surface area (Å²) >= 11 is 0. The summed E-state index contributed by atoms with van der Waals surface area (Å²) in [5.74, 6) is 2.84. The second-order valence-electron chi connectivity index (χ2n) is 7.26. The van der Waals surface area contributed by atoms with Gasteiger partial charge >= 0.3 is 6.03 Å². The lowest BCUT2D eigenvalue weighted by molar-refractivity contribution is 0.174. The Balaban J connectivity index is 1.35. The van der Waals surface area contributed by atoms with Gasteiger partial charge in [-0.2, -0.15) is 0 Å². The SMILES string of the molecule is CC(C)c1nccn1Cc1cccc(NC(=O)NCc2ccc3c(c2)OCO3)c1. The summed E-state index contributed by atoms with van der Waals surface area (Å²) in [7, 11) is 0. The van der Waals surface area contributed by atoms with E-state index >= 15 is 0 Å². The van der Waals surface area contributed by atoms with E-state index in [0.29, 0.717) is 24.8 Å². The number of carbonyl (C=O) groups is 1. The summed E-state index contributed by atoms with van der Waals surface area (Å²) in [4.78, 5) is 16.7. The Morgan fingerprint density at radius 2 is 2.00 bits per heavy atom. The van der Waals surface area contributed by atoms with Gasteiger partial charge in [0.2, 0.25) is 6.79 Å². The number of amides is 2. The monoisotopic (exact) mass is 392 g/mol. The Kier molecular flexibility index (Phi) is 5.37. The molecule has 0 spiro atoms. The minimum Gasteiger partial charge on any atom is -0.454 e. The van der Waals surface area contributed by atoms with Crippen molar-refractivity contribution in [3.05, 3.63) is 71.8 Å². The van der Waals surface area contributed by atoms with Crippen molar-refractivity contribution in [1.82, 2.24) is 14.9 Å². The van der Waals surface area contributed by atoms with Crippen molar-refractivity contribution in [2.24, 2.45) is 0 Å². The number of aromatic nitrogens is 2. The lowest BCUT2D eigenvalue weighted by Crippen LogP contribution is -2.28. The summed E-state index contributed by atoms with van der Waals surface area (Å²) < 4.78 is 12.8. The molecule has 1 aliphatic heterocycles. The van der Waals surface area contributed by atoms with Gasteiger partial charge in [-0.1, -0.05) is 32.0 Å². The van der Waals surface area contributed by atoms with Gasteiger partial charge in [-0.3, -0.25) is 0 Å². The summed E-state index contributed by atoms with van der Waals surface area (Å²) in [6.07, 6.45) is 3.80. The molecule has 0 saturated heterocycles. The number of urea groups is 1. The van der Waals surface area contributed by atoms with Gasteiger partial charge in [0.05, 0.1) is 0 Å². The molecule has 0 saturated carbocycles. The fraction of sp³-hybridized carbons (Fsp3) is 0.273. The number of imidazole rings is 1. The van der Waals surface area contributed by atoms with E-state index in [9.17, 15) is 4.79 Å². The predicted octanol–water partition coefficient (Wildman–Crippen LogP) is 4.11. The molecule has 0 unspecified atom stereocenters. The highest BCUT2D eigenvalue weighted by atomic mass is 16.7. The summed E-state index contributed by atoms with van der Waals surface area (Å²) in [5, 5.41) is 5.76. The Labute approximate surface area is 169 Å². The average Bonchev–Trinajstić information content (AvgIpc) is 3.35.